The quantitative estimate of drug-likeness (QED) is 0.812. The number of hydrogen-bond acceptors (Lipinski definition) is 4. The van der Waals surface area contributed by atoms with E-state index in [0.29, 0.717) is 6.10 Å². The highest BCUT2D eigenvalue weighted by Crippen LogP contribution is 2.06. The lowest BCUT2D eigenvalue weighted by atomic mass is 10.2. The molecule has 1 N–H and O–H groups in total. The Morgan fingerprint density at radius 3 is 3.19 bits per heavy atom. The molecule has 0 saturated carbocycles. The zero-order chi connectivity index (χ0) is 11.2. The molecule has 4 heteroatoms. The molecule has 4 nitrogen and oxygen atoms in total. The first-order valence-corrected chi connectivity index (χ1v) is 5.88. The maximum Gasteiger partial charge on any atom is 0.117 e. The molecule has 2 rings (SSSR count). The van der Waals surface area contributed by atoms with E-state index >= 15 is 0 Å². The SMILES string of the molecule is CN(CCC1CNCCO1)Cc1ccco1. The average molecular weight is 224 g/mol. The third-order valence-corrected chi connectivity index (χ3v) is 2.84. The molecule has 0 aliphatic carbocycles. The molecular weight excluding hydrogens is 204 g/mol. The summed E-state index contributed by atoms with van der Waals surface area (Å²) in [5.74, 6) is 1.02. The van der Waals surface area contributed by atoms with Crippen LogP contribution in [0.3, 0.4) is 0 Å². The molecule has 1 aromatic heterocycles. The van der Waals surface area contributed by atoms with Crippen LogP contribution in [0.25, 0.3) is 0 Å². The largest absolute Gasteiger partial charge is 0.468 e. The van der Waals surface area contributed by atoms with Gasteiger partial charge in [-0.05, 0) is 25.6 Å². The minimum absolute atomic E-state index is 0.368. The number of rotatable bonds is 5. The molecule has 0 bridgehead atoms. The van der Waals surface area contributed by atoms with Crippen molar-refractivity contribution >= 4 is 0 Å². The summed E-state index contributed by atoms with van der Waals surface area (Å²) in [5.41, 5.74) is 0. The van der Waals surface area contributed by atoms with Crippen LogP contribution in [0.1, 0.15) is 12.2 Å². The van der Waals surface area contributed by atoms with Gasteiger partial charge in [0.1, 0.15) is 5.76 Å². The first-order valence-electron chi connectivity index (χ1n) is 5.88. The van der Waals surface area contributed by atoms with Crippen molar-refractivity contribution in [3.63, 3.8) is 0 Å². The van der Waals surface area contributed by atoms with Crippen molar-refractivity contribution in [1.82, 2.24) is 10.2 Å². The Kier molecular flexibility index (Phi) is 4.39. The van der Waals surface area contributed by atoms with Crippen molar-refractivity contribution in [3.05, 3.63) is 24.2 Å². The van der Waals surface area contributed by atoms with Gasteiger partial charge in [-0.2, -0.15) is 0 Å². The molecule has 90 valence electrons. The first-order chi connectivity index (χ1) is 7.84. The molecule has 0 aromatic carbocycles. The van der Waals surface area contributed by atoms with Gasteiger partial charge in [0.15, 0.2) is 0 Å². The van der Waals surface area contributed by atoms with Crippen LogP contribution >= 0.6 is 0 Å². The molecule has 1 aliphatic heterocycles. The molecule has 1 saturated heterocycles. The summed E-state index contributed by atoms with van der Waals surface area (Å²) in [6.07, 6.45) is 3.16. The third kappa shape index (κ3) is 3.63. The Morgan fingerprint density at radius 1 is 1.56 bits per heavy atom. The molecular formula is C12H20N2O2. The third-order valence-electron chi connectivity index (χ3n) is 2.84. The fourth-order valence-corrected chi connectivity index (χ4v) is 1.92. The van der Waals surface area contributed by atoms with Crippen LogP contribution in [0.15, 0.2) is 22.8 Å². The van der Waals surface area contributed by atoms with Crippen molar-refractivity contribution in [2.75, 3.05) is 33.3 Å². The van der Waals surface area contributed by atoms with Crippen molar-refractivity contribution in [1.29, 1.82) is 0 Å². The minimum Gasteiger partial charge on any atom is -0.468 e. The molecule has 1 unspecified atom stereocenters. The smallest absolute Gasteiger partial charge is 0.117 e. The highest BCUT2D eigenvalue weighted by Gasteiger charge is 2.14. The van der Waals surface area contributed by atoms with E-state index in [2.05, 4.69) is 17.3 Å². The standard InChI is InChI=1S/C12H20N2O2/c1-14(10-12-3-2-7-15-12)6-4-11-9-13-5-8-16-11/h2-3,7,11,13H,4-6,8-10H2,1H3. The molecule has 1 fully saturated rings. The topological polar surface area (TPSA) is 37.6 Å². The summed E-state index contributed by atoms with van der Waals surface area (Å²) in [7, 11) is 2.11. The van der Waals surface area contributed by atoms with Gasteiger partial charge in [-0.3, -0.25) is 4.90 Å². The normalized spacial score (nSPS) is 21.5. The summed E-state index contributed by atoms with van der Waals surface area (Å²) in [6, 6.07) is 3.94. The summed E-state index contributed by atoms with van der Waals surface area (Å²) in [4.78, 5) is 2.26. The second-order valence-electron chi connectivity index (χ2n) is 4.30. The second-order valence-corrected chi connectivity index (χ2v) is 4.30. The molecule has 1 aliphatic rings. The van der Waals surface area contributed by atoms with Gasteiger partial charge in [0.25, 0.3) is 0 Å². The summed E-state index contributed by atoms with van der Waals surface area (Å²) >= 11 is 0. The zero-order valence-corrected chi connectivity index (χ0v) is 9.82. The predicted octanol–water partition coefficient (Wildman–Crippen LogP) is 1.09. The van der Waals surface area contributed by atoms with Gasteiger partial charge in [-0.15, -0.1) is 0 Å². The number of nitrogens with one attached hydrogen (secondary N) is 1. The predicted molar refractivity (Wildman–Crippen MR) is 62.3 cm³/mol. The van der Waals surface area contributed by atoms with Gasteiger partial charge < -0.3 is 14.5 Å². The van der Waals surface area contributed by atoms with Gasteiger partial charge >= 0.3 is 0 Å². The number of furan rings is 1. The highest BCUT2D eigenvalue weighted by molar-refractivity contribution is 4.97. The van der Waals surface area contributed by atoms with Crippen LogP contribution in [0, 0.1) is 0 Å². The monoisotopic (exact) mass is 224 g/mol. The maximum absolute atomic E-state index is 5.65. The van der Waals surface area contributed by atoms with Gasteiger partial charge in [-0.25, -0.2) is 0 Å². The van der Waals surface area contributed by atoms with E-state index in [1.54, 1.807) is 6.26 Å². The van der Waals surface area contributed by atoms with Crippen molar-refractivity contribution in [2.24, 2.45) is 0 Å². The lowest BCUT2D eigenvalue weighted by Crippen LogP contribution is -2.40. The zero-order valence-electron chi connectivity index (χ0n) is 9.82. The first kappa shape index (κ1) is 11.6. The molecule has 1 aromatic rings. The Labute approximate surface area is 96.6 Å². The fraction of sp³-hybridized carbons (Fsp3) is 0.667. The summed E-state index contributed by atoms with van der Waals surface area (Å²) < 4.78 is 11.0. The van der Waals surface area contributed by atoms with E-state index in [0.717, 1.165) is 45.0 Å². The molecule has 16 heavy (non-hydrogen) atoms. The lowest BCUT2D eigenvalue weighted by Gasteiger charge is -2.25. The second kappa shape index (κ2) is 6.03. The van der Waals surface area contributed by atoms with Crippen molar-refractivity contribution in [2.45, 2.75) is 19.1 Å². The Morgan fingerprint density at radius 2 is 2.50 bits per heavy atom. The Bertz CT molecular complexity index is 281. The van der Waals surface area contributed by atoms with E-state index in [-0.39, 0.29) is 0 Å². The summed E-state index contributed by atoms with van der Waals surface area (Å²) in [6.45, 7) is 4.71. The number of hydrogen-bond donors (Lipinski definition) is 1. The lowest BCUT2D eigenvalue weighted by molar-refractivity contribution is 0.0181. The van der Waals surface area contributed by atoms with E-state index in [9.17, 15) is 0 Å². The molecule has 0 spiro atoms. The van der Waals surface area contributed by atoms with E-state index in [4.69, 9.17) is 9.15 Å². The molecule has 1 atom stereocenters. The van der Waals surface area contributed by atoms with Crippen molar-refractivity contribution in [3.8, 4) is 0 Å². The van der Waals surface area contributed by atoms with Gasteiger partial charge in [0.05, 0.1) is 25.5 Å². The minimum atomic E-state index is 0.368. The van der Waals surface area contributed by atoms with E-state index in [1.807, 2.05) is 12.1 Å². The van der Waals surface area contributed by atoms with Crippen LogP contribution in [0.5, 0.6) is 0 Å². The Balaban J connectivity index is 1.65. The van der Waals surface area contributed by atoms with Gasteiger partial charge in [0.2, 0.25) is 0 Å². The maximum atomic E-state index is 5.65. The van der Waals surface area contributed by atoms with E-state index < -0.39 is 0 Å². The van der Waals surface area contributed by atoms with E-state index in [1.165, 1.54) is 0 Å². The van der Waals surface area contributed by atoms with Crippen LogP contribution in [-0.4, -0.2) is 44.3 Å². The summed E-state index contributed by atoms with van der Waals surface area (Å²) in [5, 5.41) is 3.34. The van der Waals surface area contributed by atoms with Gasteiger partial charge in [-0.1, -0.05) is 0 Å². The number of nitrogens with zero attached hydrogens (tertiary/aromatic N) is 1. The van der Waals surface area contributed by atoms with Gasteiger partial charge in [0, 0.05) is 19.6 Å². The molecule has 0 amide bonds. The van der Waals surface area contributed by atoms with Crippen LogP contribution in [-0.2, 0) is 11.3 Å². The average Bonchev–Trinajstić information content (AvgIpc) is 2.81. The molecule has 0 radical (unpaired) electrons. The highest BCUT2D eigenvalue weighted by atomic mass is 16.5. The van der Waals surface area contributed by atoms with Crippen molar-refractivity contribution < 1.29 is 9.15 Å². The Hall–Kier alpha value is -0.840. The molecule has 2 heterocycles. The van der Waals surface area contributed by atoms with Crippen LogP contribution < -0.4 is 5.32 Å². The number of morpholine rings is 1. The van der Waals surface area contributed by atoms with Crippen LogP contribution in [0.4, 0.5) is 0 Å². The van der Waals surface area contributed by atoms with Crippen LogP contribution in [0.2, 0.25) is 0 Å². The fourth-order valence-electron chi connectivity index (χ4n) is 1.92. The number of ether oxygens (including phenoxy) is 1.